The van der Waals surface area contributed by atoms with E-state index in [1.165, 1.54) is 6.92 Å². The van der Waals surface area contributed by atoms with E-state index in [-0.39, 0.29) is 0 Å². The second kappa shape index (κ2) is 3.29. The quantitative estimate of drug-likeness (QED) is 0.490. The van der Waals surface area contributed by atoms with Crippen LogP contribution in [0.3, 0.4) is 0 Å². The van der Waals surface area contributed by atoms with Crippen molar-refractivity contribution in [2.45, 2.75) is 39.0 Å². The smallest absolute Gasteiger partial charge is 0.334 e. The molecule has 2 heterocycles. The minimum atomic E-state index is -1.39. The fourth-order valence-corrected chi connectivity index (χ4v) is 2.95. The minimum Gasteiger partial charge on any atom is -0.479 e. The summed E-state index contributed by atoms with van der Waals surface area (Å²) < 4.78 is 0. The first-order valence-electron chi connectivity index (χ1n) is 5.48. The zero-order chi connectivity index (χ0) is 13.1. The van der Waals surface area contributed by atoms with Crippen LogP contribution >= 0.6 is 0 Å². The van der Waals surface area contributed by atoms with E-state index < -0.39 is 47.2 Å². The Morgan fingerprint density at radius 2 is 1.94 bits per heavy atom. The number of carboxylic acids is 1. The number of Topliss-reactive ketones (excluding diaryl/α,β-unsaturated/α-hetero) is 1. The molecule has 6 nitrogen and oxygen atoms in total. The predicted octanol–water partition coefficient (Wildman–Crippen LogP) is -0.744. The number of carbonyl (C=O) groups excluding carboxylic acids is 2. The van der Waals surface area contributed by atoms with Crippen LogP contribution in [-0.4, -0.2) is 51.0 Å². The van der Waals surface area contributed by atoms with Gasteiger partial charge in [0.1, 0.15) is 0 Å². The first kappa shape index (κ1) is 12.0. The molecule has 0 bridgehead atoms. The monoisotopic (exact) mass is 241 g/mol. The summed E-state index contributed by atoms with van der Waals surface area (Å²) in [5.41, 5.74) is -0.918. The zero-order valence-corrected chi connectivity index (χ0v) is 9.88. The molecule has 17 heavy (non-hydrogen) atoms. The van der Waals surface area contributed by atoms with E-state index >= 15 is 0 Å². The maximum atomic E-state index is 12.0. The summed E-state index contributed by atoms with van der Waals surface area (Å²) in [6, 6.07) is -1.90. The fraction of sp³-hybridized carbons (Fsp3) is 0.727. The van der Waals surface area contributed by atoms with E-state index in [9.17, 15) is 19.5 Å². The van der Waals surface area contributed by atoms with Crippen LogP contribution in [0.5, 0.6) is 0 Å². The molecule has 0 aromatic carbocycles. The first-order valence-corrected chi connectivity index (χ1v) is 5.48. The van der Waals surface area contributed by atoms with Gasteiger partial charge in [-0.15, -0.1) is 0 Å². The average molecular weight is 241 g/mol. The lowest BCUT2D eigenvalue weighted by atomic mass is 9.71. The second-order valence-electron chi connectivity index (χ2n) is 5.28. The first-order chi connectivity index (χ1) is 7.71. The molecule has 1 amide bonds. The van der Waals surface area contributed by atoms with E-state index in [0.29, 0.717) is 0 Å². The van der Waals surface area contributed by atoms with Gasteiger partial charge in [0.25, 0.3) is 0 Å². The average Bonchev–Trinajstić information content (AvgIpc) is 2.34. The molecule has 2 fully saturated rings. The molecule has 0 saturated carbocycles. The number of aliphatic carboxylic acids is 1. The van der Waals surface area contributed by atoms with Crippen molar-refractivity contribution in [3.63, 3.8) is 0 Å². The van der Waals surface area contributed by atoms with E-state index in [2.05, 4.69) is 0 Å². The summed E-state index contributed by atoms with van der Waals surface area (Å²) in [7, 11) is 0. The van der Waals surface area contributed by atoms with Gasteiger partial charge in [0.05, 0.1) is 18.1 Å². The number of aliphatic hydroxyl groups excluding tert-OH is 1. The Kier molecular flexibility index (Phi) is 2.33. The molecule has 94 valence electrons. The van der Waals surface area contributed by atoms with Gasteiger partial charge < -0.3 is 15.1 Å². The maximum absolute atomic E-state index is 12.0. The summed E-state index contributed by atoms with van der Waals surface area (Å²) in [5, 5.41) is 18.5. The van der Waals surface area contributed by atoms with Crippen LogP contribution < -0.4 is 0 Å². The number of carbonyl (C=O) groups is 3. The summed E-state index contributed by atoms with van der Waals surface area (Å²) in [4.78, 5) is 35.9. The normalized spacial score (nSPS) is 36.5. The van der Waals surface area contributed by atoms with Crippen molar-refractivity contribution in [2.24, 2.45) is 11.3 Å². The van der Waals surface area contributed by atoms with E-state index in [1.807, 2.05) is 0 Å². The van der Waals surface area contributed by atoms with Crippen LogP contribution in [0.4, 0.5) is 0 Å². The number of nitrogens with zero attached hydrogens (tertiary/aromatic N) is 1. The number of hydrogen-bond donors (Lipinski definition) is 2. The molecule has 2 saturated heterocycles. The summed E-state index contributed by atoms with van der Waals surface area (Å²) >= 11 is 0. The molecule has 2 aliphatic rings. The lowest BCUT2D eigenvalue weighted by Gasteiger charge is -2.48. The zero-order valence-electron chi connectivity index (χ0n) is 9.88. The molecule has 2 rings (SSSR count). The summed E-state index contributed by atoms with van der Waals surface area (Å²) in [5.74, 6) is -2.89. The molecule has 2 aliphatic heterocycles. The van der Waals surface area contributed by atoms with Crippen LogP contribution in [0, 0.1) is 11.3 Å². The summed E-state index contributed by atoms with van der Waals surface area (Å²) in [6.07, 6.45) is -0.872. The Balaban J connectivity index is 2.42. The molecular weight excluding hydrogens is 226 g/mol. The highest BCUT2D eigenvalue weighted by Gasteiger charge is 2.69. The molecule has 0 aliphatic carbocycles. The van der Waals surface area contributed by atoms with E-state index in [0.717, 1.165) is 4.90 Å². The third kappa shape index (κ3) is 1.27. The highest BCUT2D eigenvalue weighted by Crippen LogP contribution is 2.49. The van der Waals surface area contributed by atoms with Crippen LogP contribution in [-0.2, 0) is 14.4 Å². The van der Waals surface area contributed by atoms with Gasteiger partial charge in [0, 0.05) is 5.41 Å². The lowest BCUT2D eigenvalue weighted by Crippen LogP contribution is -2.67. The van der Waals surface area contributed by atoms with Crippen molar-refractivity contribution in [1.82, 2.24) is 4.90 Å². The van der Waals surface area contributed by atoms with E-state index in [1.54, 1.807) is 13.8 Å². The molecule has 4 unspecified atom stereocenters. The SMILES string of the molecule is CC(O)C1C(=O)N2C(C(=O)O)C(=O)C(C)(C)C12. The molecule has 0 spiro atoms. The second-order valence-corrected chi connectivity index (χ2v) is 5.28. The fourth-order valence-electron chi connectivity index (χ4n) is 2.95. The molecular formula is C11H15NO5. The van der Waals surface area contributed by atoms with Gasteiger partial charge in [-0.05, 0) is 6.92 Å². The van der Waals surface area contributed by atoms with Gasteiger partial charge in [-0.1, -0.05) is 13.8 Å². The number of amides is 1. The highest BCUT2D eigenvalue weighted by atomic mass is 16.4. The Bertz CT molecular complexity index is 414. The lowest BCUT2D eigenvalue weighted by molar-refractivity contribution is -0.173. The third-order valence-corrected chi connectivity index (χ3v) is 3.83. The molecule has 0 aromatic rings. The van der Waals surface area contributed by atoms with Gasteiger partial charge in [-0.2, -0.15) is 0 Å². The molecule has 0 aromatic heterocycles. The summed E-state index contributed by atoms with van der Waals surface area (Å²) in [6.45, 7) is 4.73. The van der Waals surface area contributed by atoms with Crippen LogP contribution in [0.25, 0.3) is 0 Å². The number of β-lactam (4-membered cyclic amide) rings is 1. The van der Waals surface area contributed by atoms with Gasteiger partial charge in [-0.25, -0.2) is 4.79 Å². The van der Waals surface area contributed by atoms with Crippen molar-refractivity contribution in [3.05, 3.63) is 0 Å². The van der Waals surface area contributed by atoms with Gasteiger partial charge >= 0.3 is 5.97 Å². The van der Waals surface area contributed by atoms with Crippen LogP contribution in [0.2, 0.25) is 0 Å². The topological polar surface area (TPSA) is 94.9 Å². The minimum absolute atomic E-state index is 0.448. The van der Waals surface area contributed by atoms with Gasteiger partial charge in [0.2, 0.25) is 5.91 Å². The predicted molar refractivity (Wildman–Crippen MR) is 56.0 cm³/mol. The van der Waals surface area contributed by atoms with E-state index in [4.69, 9.17) is 5.11 Å². The maximum Gasteiger partial charge on any atom is 0.334 e. The van der Waals surface area contributed by atoms with Gasteiger partial charge in [0.15, 0.2) is 11.8 Å². The Hall–Kier alpha value is -1.43. The van der Waals surface area contributed by atoms with Crippen LogP contribution in [0.1, 0.15) is 20.8 Å². The highest BCUT2D eigenvalue weighted by molar-refractivity contribution is 6.13. The van der Waals surface area contributed by atoms with Crippen molar-refractivity contribution < 1.29 is 24.6 Å². The molecule has 2 N–H and O–H groups in total. The number of hydrogen-bond acceptors (Lipinski definition) is 4. The van der Waals surface area contributed by atoms with Crippen molar-refractivity contribution >= 4 is 17.7 Å². The van der Waals surface area contributed by atoms with Crippen molar-refractivity contribution in [1.29, 1.82) is 0 Å². The largest absolute Gasteiger partial charge is 0.479 e. The number of aliphatic hydroxyl groups is 1. The Labute approximate surface area is 98.2 Å². The van der Waals surface area contributed by atoms with Crippen molar-refractivity contribution in [2.75, 3.05) is 0 Å². The molecule has 0 radical (unpaired) electrons. The van der Waals surface area contributed by atoms with Crippen LogP contribution in [0.15, 0.2) is 0 Å². The van der Waals surface area contributed by atoms with Gasteiger partial charge in [-0.3, -0.25) is 9.59 Å². The van der Waals surface area contributed by atoms with Crippen molar-refractivity contribution in [3.8, 4) is 0 Å². The number of fused-ring (bicyclic) bond motifs is 1. The third-order valence-electron chi connectivity index (χ3n) is 3.83. The molecule has 4 atom stereocenters. The molecule has 6 heteroatoms. The standard InChI is InChI=1S/C11H15NO5/c1-4(13)5-7-11(2,3)8(14)6(10(16)17)12(7)9(5)15/h4-7,13H,1-3H3,(H,16,17). The number of carboxylic acid groups (broad SMARTS) is 1. The Morgan fingerprint density at radius 3 is 2.35 bits per heavy atom. The number of ketones is 1. The number of rotatable bonds is 2. The Morgan fingerprint density at radius 1 is 1.41 bits per heavy atom.